The van der Waals surface area contributed by atoms with Gasteiger partial charge in [-0.15, -0.1) is 0 Å². The summed E-state index contributed by atoms with van der Waals surface area (Å²) in [7, 11) is -0.814. The van der Waals surface area contributed by atoms with Crippen molar-refractivity contribution in [3.63, 3.8) is 0 Å². The number of aliphatic hydroxyl groups is 1. The van der Waals surface area contributed by atoms with E-state index in [0.29, 0.717) is 30.2 Å². The van der Waals surface area contributed by atoms with Crippen molar-refractivity contribution in [2.24, 2.45) is 5.92 Å². The minimum atomic E-state index is -3.85. The van der Waals surface area contributed by atoms with E-state index in [1.165, 1.54) is 30.6 Å². The lowest BCUT2D eigenvalue weighted by Crippen LogP contribution is -2.48. The maximum absolute atomic E-state index is 14.4. The van der Waals surface area contributed by atoms with Gasteiger partial charge in [0.25, 0.3) is 5.91 Å². The van der Waals surface area contributed by atoms with Crippen LogP contribution < -0.4 is 14.8 Å². The number of likely N-dealkylation sites (N-methyl/N-ethyl adjacent to an activating group) is 1. The SMILES string of the molecule is COc1ccc(S(=O)(=O)N(C)C[C@@H]2OCCCC[C@H](C)Oc3ccc(NC(=O)Cc4ccccc4)cc3C(=O)N([C@@H](C)CO)C[C@@H]2C)cc1. The minimum absolute atomic E-state index is 0.0543. The Bertz CT molecular complexity index is 1640. The Kier molecular flexibility index (Phi) is 13.6. The third-order valence-corrected chi connectivity index (χ3v) is 10.6. The molecule has 1 aliphatic rings. The van der Waals surface area contributed by atoms with Gasteiger partial charge in [0.2, 0.25) is 15.9 Å². The van der Waals surface area contributed by atoms with Crippen LogP contribution in [-0.4, -0.2) is 93.3 Å². The summed E-state index contributed by atoms with van der Waals surface area (Å²) in [6.45, 7) is 5.93. The normalized spacial score (nSPS) is 20.1. The number of carbonyl (C=O) groups is 2. The molecule has 2 N–H and O–H groups in total. The van der Waals surface area contributed by atoms with Crippen molar-refractivity contribution in [2.45, 2.75) is 69.6 Å². The average molecular weight is 696 g/mol. The van der Waals surface area contributed by atoms with Gasteiger partial charge in [0.15, 0.2) is 0 Å². The molecule has 3 aromatic carbocycles. The third-order valence-electron chi connectivity index (χ3n) is 8.75. The van der Waals surface area contributed by atoms with E-state index in [-0.39, 0.29) is 60.4 Å². The van der Waals surface area contributed by atoms with E-state index in [2.05, 4.69) is 5.32 Å². The molecule has 49 heavy (non-hydrogen) atoms. The number of sulfonamides is 1. The number of anilines is 1. The van der Waals surface area contributed by atoms with E-state index in [4.69, 9.17) is 14.2 Å². The standard InChI is InChI=1S/C37H49N3O8S/c1-26-23-40(27(2)25-41)37(43)33-22-30(38-36(42)21-29-12-7-6-8-13-29)14-19-34(33)48-28(3)11-9-10-20-47-35(26)24-39(4)49(44,45)32-17-15-31(46-5)16-18-32/h6-8,12-19,22,26-28,35,41H,9-11,20-21,23-25H2,1-5H3,(H,38,42)/t26-,27-,28-,35-/m0/s1. The minimum Gasteiger partial charge on any atom is -0.497 e. The van der Waals surface area contributed by atoms with E-state index < -0.39 is 22.2 Å². The molecule has 1 heterocycles. The highest BCUT2D eigenvalue weighted by Crippen LogP contribution is 2.29. The fourth-order valence-corrected chi connectivity index (χ4v) is 6.91. The Morgan fingerprint density at radius 1 is 1.08 bits per heavy atom. The number of methoxy groups -OCH3 is 1. The second-order valence-electron chi connectivity index (χ2n) is 12.7. The number of fused-ring (bicyclic) bond motifs is 1. The fourth-order valence-electron chi connectivity index (χ4n) is 5.73. The summed E-state index contributed by atoms with van der Waals surface area (Å²) in [5.74, 6) is -0.000203. The van der Waals surface area contributed by atoms with Gasteiger partial charge in [-0.25, -0.2) is 8.42 Å². The number of nitrogens with one attached hydrogen (secondary N) is 1. The molecule has 0 fully saturated rings. The van der Waals surface area contributed by atoms with Gasteiger partial charge < -0.3 is 29.5 Å². The Balaban J connectivity index is 1.62. The van der Waals surface area contributed by atoms with Crippen molar-refractivity contribution in [1.82, 2.24) is 9.21 Å². The van der Waals surface area contributed by atoms with Crippen LogP contribution in [0, 0.1) is 5.92 Å². The van der Waals surface area contributed by atoms with Gasteiger partial charge in [-0.2, -0.15) is 4.31 Å². The molecule has 12 heteroatoms. The number of hydrogen-bond donors (Lipinski definition) is 2. The molecule has 1 aliphatic heterocycles. The number of hydrogen-bond acceptors (Lipinski definition) is 8. The van der Waals surface area contributed by atoms with Crippen molar-refractivity contribution in [2.75, 3.05) is 45.8 Å². The van der Waals surface area contributed by atoms with E-state index in [9.17, 15) is 23.1 Å². The molecule has 0 radical (unpaired) electrons. The van der Waals surface area contributed by atoms with E-state index >= 15 is 0 Å². The van der Waals surface area contributed by atoms with Crippen LogP contribution in [0.2, 0.25) is 0 Å². The second-order valence-corrected chi connectivity index (χ2v) is 14.7. The van der Waals surface area contributed by atoms with Gasteiger partial charge in [0, 0.05) is 38.3 Å². The highest BCUT2D eigenvalue weighted by atomic mass is 32.2. The number of nitrogens with zero attached hydrogens (tertiary/aromatic N) is 2. The molecule has 0 aliphatic carbocycles. The molecule has 266 valence electrons. The molecule has 4 atom stereocenters. The number of ether oxygens (including phenoxy) is 3. The van der Waals surface area contributed by atoms with Crippen LogP contribution in [0.3, 0.4) is 0 Å². The molecule has 0 saturated heterocycles. The van der Waals surface area contributed by atoms with Crippen LogP contribution in [0.25, 0.3) is 0 Å². The molecule has 11 nitrogen and oxygen atoms in total. The van der Waals surface area contributed by atoms with E-state index in [0.717, 1.165) is 18.4 Å². The maximum Gasteiger partial charge on any atom is 0.258 e. The summed E-state index contributed by atoms with van der Waals surface area (Å²) in [5.41, 5.74) is 1.56. The Morgan fingerprint density at radius 2 is 1.80 bits per heavy atom. The topological polar surface area (TPSA) is 135 Å². The van der Waals surface area contributed by atoms with Crippen LogP contribution in [0.4, 0.5) is 5.69 Å². The van der Waals surface area contributed by atoms with Gasteiger partial charge >= 0.3 is 0 Å². The predicted molar refractivity (Wildman–Crippen MR) is 188 cm³/mol. The Morgan fingerprint density at radius 3 is 2.47 bits per heavy atom. The van der Waals surface area contributed by atoms with Crippen LogP contribution >= 0.6 is 0 Å². The first-order valence-electron chi connectivity index (χ1n) is 16.7. The number of aliphatic hydroxyl groups excluding tert-OH is 1. The maximum atomic E-state index is 14.4. The first kappa shape index (κ1) is 37.8. The fraction of sp³-hybridized carbons (Fsp3) is 0.459. The summed E-state index contributed by atoms with van der Waals surface area (Å²) in [5, 5.41) is 13.1. The summed E-state index contributed by atoms with van der Waals surface area (Å²) < 4.78 is 46.1. The largest absolute Gasteiger partial charge is 0.497 e. The molecular weight excluding hydrogens is 646 g/mol. The van der Waals surface area contributed by atoms with Gasteiger partial charge in [0.05, 0.1) is 48.8 Å². The molecule has 0 spiro atoms. The van der Waals surface area contributed by atoms with Gasteiger partial charge in [-0.05, 0) is 81.1 Å². The molecule has 0 saturated carbocycles. The first-order chi connectivity index (χ1) is 23.4. The molecule has 2 amide bonds. The number of benzene rings is 3. The Hall–Kier alpha value is -3.97. The smallest absolute Gasteiger partial charge is 0.258 e. The molecule has 4 rings (SSSR count). The van der Waals surface area contributed by atoms with E-state index in [1.807, 2.05) is 44.2 Å². The lowest BCUT2D eigenvalue weighted by molar-refractivity contribution is -0.115. The zero-order valence-corrected chi connectivity index (χ0v) is 29.8. The molecule has 0 bridgehead atoms. The zero-order valence-electron chi connectivity index (χ0n) is 29.0. The number of carbonyl (C=O) groups excluding carboxylic acids is 2. The average Bonchev–Trinajstić information content (AvgIpc) is 3.09. The van der Waals surface area contributed by atoms with Crippen molar-refractivity contribution >= 4 is 27.5 Å². The van der Waals surface area contributed by atoms with Crippen molar-refractivity contribution in [1.29, 1.82) is 0 Å². The highest BCUT2D eigenvalue weighted by molar-refractivity contribution is 7.89. The van der Waals surface area contributed by atoms with Crippen LogP contribution in [-0.2, 0) is 26.0 Å². The molecule has 0 unspecified atom stereocenters. The quantitative estimate of drug-likeness (QED) is 0.303. The van der Waals surface area contributed by atoms with E-state index in [1.54, 1.807) is 42.2 Å². The summed E-state index contributed by atoms with van der Waals surface area (Å²) in [4.78, 5) is 29.0. The lowest BCUT2D eigenvalue weighted by Gasteiger charge is -2.35. The van der Waals surface area contributed by atoms with Gasteiger partial charge in [-0.3, -0.25) is 9.59 Å². The molecular formula is C37H49N3O8S. The Labute approximate surface area is 290 Å². The monoisotopic (exact) mass is 695 g/mol. The zero-order chi connectivity index (χ0) is 35.6. The van der Waals surface area contributed by atoms with Crippen molar-refractivity contribution in [3.05, 3.63) is 83.9 Å². The summed E-state index contributed by atoms with van der Waals surface area (Å²) >= 11 is 0. The van der Waals surface area contributed by atoms with Crippen LogP contribution in [0.1, 0.15) is 56.0 Å². The summed E-state index contributed by atoms with van der Waals surface area (Å²) in [6.07, 6.45) is 1.64. The molecule has 0 aromatic heterocycles. The second kappa shape index (κ2) is 17.6. The third kappa shape index (κ3) is 10.3. The van der Waals surface area contributed by atoms with Crippen molar-refractivity contribution < 1.29 is 37.3 Å². The van der Waals surface area contributed by atoms with Crippen LogP contribution in [0.5, 0.6) is 11.5 Å². The van der Waals surface area contributed by atoms with Crippen molar-refractivity contribution in [3.8, 4) is 11.5 Å². The molecule has 3 aromatic rings. The number of rotatable bonds is 10. The first-order valence-corrected chi connectivity index (χ1v) is 18.1. The van der Waals surface area contributed by atoms with Crippen LogP contribution in [0.15, 0.2) is 77.7 Å². The predicted octanol–water partition coefficient (Wildman–Crippen LogP) is 4.99. The highest BCUT2D eigenvalue weighted by Gasteiger charge is 2.32. The lowest BCUT2D eigenvalue weighted by atomic mass is 10.0. The van der Waals surface area contributed by atoms with Gasteiger partial charge in [-0.1, -0.05) is 37.3 Å². The number of amides is 2. The summed E-state index contributed by atoms with van der Waals surface area (Å²) in [6, 6.07) is 20.0. The van der Waals surface area contributed by atoms with Gasteiger partial charge in [0.1, 0.15) is 11.5 Å².